The van der Waals surface area contributed by atoms with Gasteiger partial charge in [-0.1, -0.05) is 12.1 Å². The summed E-state index contributed by atoms with van der Waals surface area (Å²) in [7, 11) is 1.66. The predicted octanol–water partition coefficient (Wildman–Crippen LogP) is 4.56. The van der Waals surface area contributed by atoms with E-state index in [-0.39, 0.29) is 11.5 Å². The first-order chi connectivity index (χ1) is 14.6. The first kappa shape index (κ1) is 18.5. The van der Waals surface area contributed by atoms with E-state index in [0.717, 1.165) is 34.7 Å². The fourth-order valence-electron chi connectivity index (χ4n) is 3.87. The van der Waals surface area contributed by atoms with Gasteiger partial charge < -0.3 is 18.6 Å². The number of benzene rings is 2. The molecule has 0 amide bonds. The van der Waals surface area contributed by atoms with E-state index in [4.69, 9.17) is 18.6 Å². The quantitative estimate of drug-likeness (QED) is 0.595. The maximum absolute atomic E-state index is 13.0. The fourth-order valence-corrected chi connectivity index (χ4v) is 3.87. The molecule has 3 heterocycles. The van der Waals surface area contributed by atoms with Crippen molar-refractivity contribution in [1.29, 1.82) is 0 Å². The normalized spacial score (nSPS) is 16.7. The van der Waals surface area contributed by atoms with Crippen LogP contribution in [0.15, 0.2) is 58.9 Å². The summed E-state index contributed by atoms with van der Waals surface area (Å²) in [6.07, 6.45) is 3.20. The van der Waals surface area contributed by atoms with E-state index >= 15 is 0 Å². The van der Waals surface area contributed by atoms with Gasteiger partial charge in [0.1, 0.15) is 29.7 Å². The molecule has 0 fully saturated rings. The van der Waals surface area contributed by atoms with Crippen molar-refractivity contribution in [2.45, 2.75) is 20.0 Å². The Labute approximate surface area is 174 Å². The van der Waals surface area contributed by atoms with Gasteiger partial charge in [-0.15, -0.1) is 0 Å². The summed E-state index contributed by atoms with van der Waals surface area (Å²) < 4.78 is 22.6. The molecule has 2 aliphatic heterocycles. The van der Waals surface area contributed by atoms with Crippen molar-refractivity contribution >= 4 is 11.9 Å². The number of ketones is 1. The molecule has 0 saturated carbocycles. The second-order valence-corrected chi connectivity index (χ2v) is 7.44. The minimum absolute atomic E-state index is 0.131. The number of hydrogen-bond acceptors (Lipinski definition) is 6. The zero-order valence-corrected chi connectivity index (χ0v) is 16.8. The Bertz CT molecular complexity index is 1130. The molecule has 6 heteroatoms. The molecule has 0 atom stereocenters. The van der Waals surface area contributed by atoms with Crippen LogP contribution in [0, 0.1) is 6.92 Å². The first-order valence-electron chi connectivity index (χ1n) is 9.74. The lowest BCUT2D eigenvalue weighted by Crippen LogP contribution is -2.31. The topological polar surface area (TPSA) is 61.1 Å². The van der Waals surface area contributed by atoms with Crippen molar-refractivity contribution in [3.63, 3.8) is 0 Å². The number of ether oxygens (including phenoxy) is 3. The predicted molar refractivity (Wildman–Crippen MR) is 111 cm³/mol. The van der Waals surface area contributed by atoms with E-state index < -0.39 is 0 Å². The van der Waals surface area contributed by atoms with Gasteiger partial charge in [-0.25, -0.2) is 0 Å². The van der Waals surface area contributed by atoms with Crippen LogP contribution in [0.25, 0.3) is 6.08 Å². The average Bonchev–Trinajstić information content (AvgIpc) is 3.38. The molecule has 0 bridgehead atoms. The summed E-state index contributed by atoms with van der Waals surface area (Å²) >= 11 is 0. The third-order valence-corrected chi connectivity index (χ3v) is 5.37. The van der Waals surface area contributed by atoms with Gasteiger partial charge in [-0.2, -0.15) is 0 Å². The molecule has 0 radical (unpaired) electrons. The molecule has 0 saturated heterocycles. The lowest BCUT2D eigenvalue weighted by atomic mass is 9.98. The van der Waals surface area contributed by atoms with Crippen molar-refractivity contribution in [2.24, 2.45) is 0 Å². The van der Waals surface area contributed by atoms with Crippen LogP contribution in [0.1, 0.15) is 32.8 Å². The highest BCUT2D eigenvalue weighted by molar-refractivity contribution is 6.15. The summed E-state index contributed by atoms with van der Waals surface area (Å²) in [5, 5.41) is 0. The molecule has 3 aromatic rings. The molecule has 0 spiro atoms. The molecule has 0 unspecified atom stereocenters. The summed E-state index contributed by atoms with van der Waals surface area (Å²) in [5.74, 6) is 2.90. The average molecular weight is 403 g/mol. The van der Waals surface area contributed by atoms with Crippen molar-refractivity contribution in [2.75, 3.05) is 13.8 Å². The van der Waals surface area contributed by atoms with Crippen molar-refractivity contribution in [3.8, 4) is 17.2 Å². The molecule has 0 N–H and O–H groups in total. The maximum atomic E-state index is 13.0. The Kier molecular flexibility index (Phi) is 4.56. The summed E-state index contributed by atoms with van der Waals surface area (Å²) in [4.78, 5) is 15.1. The van der Waals surface area contributed by atoms with Crippen molar-refractivity contribution in [3.05, 3.63) is 82.5 Å². The van der Waals surface area contributed by atoms with Crippen LogP contribution in [0.4, 0.5) is 0 Å². The van der Waals surface area contributed by atoms with Crippen LogP contribution >= 0.6 is 0 Å². The van der Waals surface area contributed by atoms with Gasteiger partial charge in [0.05, 0.1) is 24.5 Å². The monoisotopic (exact) mass is 403 g/mol. The standard InChI is InChI=1S/C24H21NO5/c1-15-10-20-19(13-25(14-29-20)12-16-5-7-17(27-2)8-6-16)24-22(15)23(26)21(30-24)11-18-4-3-9-28-18/h3-11H,12-14H2,1-2H3/b21-11-. The Hall–Kier alpha value is -3.51. The fraction of sp³-hybridized carbons (Fsp3) is 0.208. The Balaban J connectivity index is 1.43. The smallest absolute Gasteiger partial charge is 0.232 e. The summed E-state index contributed by atoms with van der Waals surface area (Å²) in [6.45, 7) is 3.73. The van der Waals surface area contributed by atoms with Gasteiger partial charge in [0, 0.05) is 19.2 Å². The zero-order chi connectivity index (χ0) is 20.7. The second kappa shape index (κ2) is 7.39. The van der Waals surface area contributed by atoms with Crippen LogP contribution in [0.5, 0.6) is 17.2 Å². The van der Waals surface area contributed by atoms with E-state index in [1.165, 1.54) is 0 Å². The molecule has 6 nitrogen and oxygen atoms in total. The number of allylic oxidation sites excluding steroid dienone is 1. The summed E-state index contributed by atoms with van der Waals surface area (Å²) in [6, 6.07) is 13.5. The number of rotatable bonds is 4. The van der Waals surface area contributed by atoms with Crippen LogP contribution in [0.3, 0.4) is 0 Å². The number of furan rings is 1. The third kappa shape index (κ3) is 3.25. The van der Waals surface area contributed by atoms with Gasteiger partial charge in [-0.3, -0.25) is 9.69 Å². The minimum atomic E-state index is -0.131. The highest BCUT2D eigenvalue weighted by Crippen LogP contribution is 2.44. The van der Waals surface area contributed by atoms with Gasteiger partial charge in [0.2, 0.25) is 5.78 Å². The van der Waals surface area contributed by atoms with E-state index in [1.807, 2.05) is 37.3 Å². The maximum Gasteiger partial charge on any atom is 0.232 e. The molecule has 152 valence electrons. The molecular weight excluding hydrogens is 382 g/mol. The van der Waals surface area contributed by atoms with Crippen LogP contribution in [-0.4, -0.2) is 24.5 Å². The SMILES string of the molecule is COc1ccc(CN2COc3cc(C)c4c(c3C2)O/C(=C\c2ccco2)C4=O)cc1. The number of carbonyl (C=O) groups is 1. The van der Waals surface area contributed by atoms with Crippen molar-refractivity contribution in [1.82, 2.24) is 4.90 Å². The van der Waals surface area contributed by atoms with Crippen molar-refractivity contribution < 1.29 is 23.4 Å². The Morgan fingerprint density at radius 2 is 2.03 bits per heavy atom. The molecule has 2 aliphatic rings. The molecule has 1 aromatic heterocycles. The van der Waals surface area contributed by atoms with E-state index in [9.17, 15) is 4.79 Å². The molecule has 0 aliphatic carbocycles. The van der Waals surface area contributed by atoms with Crippen LogP contribution in [-0.2, 0) is 13.1 Å². The lowest BCUT2D eigenvalue weighted by Gasteiger charge is -2.30. The third-order valence-electron chi connectivity index (χ3n) is 5.37. The lowest BCUT2D eigenvalue weighted by molar-refractivity contribution is 0.0872. The number of Topliss-reactive ketones (excluding diaryl/α,β-unsaturated/α-hetero) is 1. The van der Waals surface area contributed by atoms with E-state index in [0.29, 0.717) is 30.3 Å². The number of nitrogens with zero attached hydrogens (tertiary/aromatic N) is 1. The molecular formula is C24H21NO5. The molecule has 30 heavy (non-hydrogen) atoms. The van der Waals surface area contributed by atoms with E-state index in [1.54, 1.807) is 31.6 Å². The zero-order valence-electron chi connectivity index (χ0n) is 16.8. The largest absolute Gasteiger partial charge is 0.497 e. The van der Waals surface area contributed by atoms with Gasteiger partial charge in [0.15, 0.2) is 5.76 Å². The van der Waals surface area contributed by atoms with Crippen LogP contribution in [0.2, 0.25) is 0 Å². The molecule has 2 aromatic carbocycles. The van der Waals surface area contributed by atoms with E-state index in [2.05, 4.69) is 4.90 Å². The Morgan fingerprint density at radius 3 is 2.77 bits per heavy atom. The highest BCUT2D eigenvalue weighted by Gasteiger charge is 2.35. The van der Waals surface area contributed by atoms with Crippen LogP contribution < -0.4 is 14.2 Å². The molecule has 5 rings (SSSR count). The highest BCUT2D eigenvalue weighted by atomic mass is 16.5. The Morgan fingerprint density at radius 1 is 1.20 bits per heavy atom. The minimum Gasteiger partial charge on any atom is -0.497 e. The number of fused-ring (bicyclic) bond motifs is 3. The second-order valence-electron chi connectivity index (χ2n) is 7.44. The van der Waals surface area contributed by atoms with Gasteiger partial charge in [-0.05, 0) is 48.4 Å². The van der Waals surface area contributed by atoms with Gasteiger partial charge in [0.25, 0.3) is 0 Å². The first-order valence-corrected chi connectivity index (χ1v) is 9.74. The summed E-state index contributed by atoms with van der Waals surface area (Å²) in [5.41, 5.74) is 3.50. The number of methoxy groups -OCH3 is 1. The number of hydrogen-bond donors (Lipinski definition) is 0. The van der Waals surface area contributed by atoms with Gasteiger partial charge >= 0.3 is 0 Å². The number of carbonyl (C=O) groups excluding carboxylic acids is 1. The number of aryl methyl sites for hydroxylation is 1.